The fraction of sp³-hybridized carbons (Fsp3) is 0.0714. The van der Waals surface area contributed by atoms with E-state index in [2.05, 4.69) is 10.3 Å². The number of hydrogen-bond acceptors (Lipinski definition) is 5. The van der Waals surface area contributed by atoms with E-state index in [-0.39, 0.29) is 18.4 Å². The number of aromatic carboxylic acids is 1. The van der Waals surface area contributed by atoms with Crippen molar-refractivity contribution in [2.75, 3.05) is 12.1 Å². The molecule has 1 aliphatic heterocycles. The van der Waals surface area contributed by atoms with Crippen LogP contribution in [0.5, 0.6) is 11.5 Å². The van der Waals surface area contributed by atoms with Crippen LogP contribution in [0.1, 0.15) is 20.8 Å². The Labute approximate surface area is 119 Å². The predicted molar refractivity (Wildman–Crippen MR) is 71.7 cm³/mol. The lowest BCUT2D eigenvalue weighted by atomic mass is 10.2. The van der Waals surface area contributed by atoms with Gasteiger partial charge in [-0.15, -0.1) is 0 Å². The van der Waals surface area contributed by atoms with Crippen LogP contribution in [0.3, 0.4) is 0 Å². The van der Waals surface area contributed by atoms with Crippen molar-refractivity contribution in [1.29, 1.82) is 0 Å². The second-order valence-corrected chi connectivity index (χ2v) is 4.26. The van der Waals surface area contributed by atoms with Crippen molar-refractivity contribution in [2.45, 2.75) is 0 Å². The van der Waals surface area contributed by atoms with Crippen LogP contribution in [0.4, 0.5) is 5.69 Å². The molecule has 106 valence electrons. The second-order valence-electron chi connectivity index (χ2n) is 4.26. The van der Waals surface area contributed by atoms with Crippen molar-refractivity contribution in [3.05, 3.63) is 47.8 Å². The summed E-state index contributed by atoms with van der Waals surface area (Å²) in [7, 11) is 0. The number of pyridine rings is 1. The van der Waals surface area contributed by atoms with Crippen LogP contribution in [0, 0.1) is 0 Å². The molecule has 0 unspecified atom stereocenters. The Morgan fingerprint density at radius 1 is 1.14 bits per heavy atom. The van der Waals surface area contributed by atoms with Gasteiger partial charge in [0.25, 0.3) is 5.91 Å². The maximum atomic E-state index is 12.1. The number of rotatable bonds is 3. The number of carbonyl (C=O) groups excluding carboxylic acids is 1. The number of carboxylic acid groups (broad SMARTS) is 1. The molecule has 21 heavy (non-hydrogen) atoms. The van der Waals surface area contributed by atoms with Crippen LogP contribution in [0.2, 0.25) is 0 Å². The number of carbonyl (C=O) groups is 2. The number of anilines is 1. The van der Waals surface area contributed by atoms with Gasteiger partial charge in [0.1, 0.15) is 5.69 Å². The predicted octanol–water partition coefficient (Wildman–Crippen LogP) is 1.76. The zero-order valence-corrected chi connectivity index (χ0v) is 10.7. The molecule has 0 saturated heterocycles. The number of nitrogens with zero attached hydrogens (tertiary/aromatic N) is 1. The molecule has 0 saturated carbocycles. The highest BCUT2D eigenvalue weighted by atomic mass is 16.7. The van der Waals surface area contributed by atoms with Crippen molar-refractivity contribution in [2.24, 2.45) is 0 Å². The fourth-order valence-electron chi connectivity index (χ4n) is 1.87. The molecule has 0 fully saturated rings. The van der Waals surface area contributed by atoms with E-state index >= 15 is 0 Å². The van der Waals surface area contributed by atoms with Gasteiger partial charge in [0.15, 0.2) is 11.5 Å². The van der Waals surface area contributed by atoms with Crippen LogP contribution in [0.25, 0.3) is 0 Å². The highest BCUT2D eigenvalue weighted by Gasteiger charge is 2.16. The number of hydrogen-bond donors (Lipinski definition) is 2. The van der Waals surface area contributed by atoms with Crippen molar-refractivity contribution in [3.63, 3.8) is 0 Å². The van der Waals surface area contributed by atoms with Crippen LogP contribution in [-0.4, -0.2) is 28.8 Å². The van der Waals surface area contributed by atoms with E-state index in [4.69, 9.17) is 14.6 Å². The van der Waals surface area contributed by atoms with E-state index in [0.717, 1.165) is 0 Å². The van der Waals surface area contributed by atoms with Crippen LogP contribution < -0.4 is 14.8 Å². The van der Waals surface area contributed by atoms with Gasteiger partial charge in [0, 0.05) is 17.4 Å². The maximum absolute atomic E-state index is 12.1. The molecule has 1 aromatic carbocycles. The van der Waals surface area contributed by atoms with Crippen molar-refractivity contribution >= 4 is 17.6 Å². The molecule has 7 heteroatoms. The molecular weight excluding hydrogens is 276 g/mol. The third kappa shape index (κ3) is 2.62. The second kappa shape index (κ2) is 5.12. The van der Waals surface area contributed by atoms with Crippen LogP contribution >= 0.6 is 0 Å². The first-order valence-electron chi connectivity index (χ1n) is 6.04. The molecule has 2 N–H and O–H groups in total. The van der Waals surface area contributed by atoms with Crippen molar-refractivity contribution in [3.8, 4) is 11.5 Å². The number of aromatic nitrogens is 1. The number of ether oxygens (including phenoxy) is 2. The molecule has 2 aromatic rings. The normalized spacial score (nSPS) is 12.0. The summed E-state index contributed by atoms with van der Waals surface area (Å²) < 4.78 is 10.4. The van der Waals surface area contributed by atoms with E-state index in [0.29, 0.717) is 22.7 Å². The van der Waals surface area contributed by atoms with E-state index in [1.54, 1.807) is 18.2 Å². The molecule has 0 bridgehead atoms. The Balaban J connectivity index is 1.80. The molecule has 0 atom stereocenters. The Morgan fingerprint density at radius 3 is 2.76 bits per heavy atom. The van der Waals surface area contributed by atoms with Crippen LogP contribution in [0.15, 0.2) is 36.5 Å². The third-order valence-electron chi connectivity index (χ3n) is 2.87. The first-order chi connectivity index (χ1) is 10.1. The van der Waals surface area contributed by atoms with Gasteiger partial charge in [-0.2, -0.15) is 0 Å². The first-order valence-corrected chi connectivity index (χ1v) is 6.04. The molecule has 0 aliphatic carbocycles. The Bertz CT molecular complexity index is 729. The van der Waals surface area contributed by atoms with Gasteiger partial charge < -0.3 is 19.9 Å². The lowest BCUT2D eigenvalue weighted by Gasteiger charge is -2.06. The van der Waals surface area contributed by atoms with Gasteiger partial charge in [-0.3, -0.25) is 4.79 Å². The monoisotopic (exact) mass is 286 g/mol. The highest BCUT2D eigenvalue weighted by Crippen LogP contribution is 2.32. The smallest absolute Gasteiger partial charge is 0.354 e. The summed E-state index contributed by atoms with van der Waals surface area (Å²) in [6, 6.07) is 7.61. The summed E-state index contributed by atoms with van der Waals surface area (Å²) in [6.45, 7) is 0.132. The molecule has 1 aliphatic rings. The summed E-state index contributed by atoms with van der Waals surface area (Å²) in [4.78, 5) is 26.6. The Morgan fingerprint density at radius 2 is 1.95 bits per heavy atom. The van der Waals surface area contributed by atoms with E-state index in [1.165, 1.54) is 18.3 Å². The zero-order valence-electron chi connectivity index (χ0n) is 10.7. The third-order valence-corrected chi connectivity index (χ3v) is 2.87. The number of carboxylic acids is 1. The van der Waals surface area contributed by atoms with Crippen molar-refractivity contribution in [1.82, 2.24) is 4.98 Å². The molecule has 1 aromatic heterocycles. The minimum atomic E-state index is -1.16. The molecule has 0 radical (unpaired) electrons. The number of nitrogens with one attached hydrogen (secondary N) is 1. The summed E-state index contributed by atoms with van der Waals surface area (Å²) in [5.74, 6) is -0.447. The minimum Gasteiger partial charge on any atom is -0.477 e. The van der Waals surface area contributed by atoms with Gasteiger partial charge in [0.2, 0.25) is 6.79 Å². The van der Waals surface area contributed by atoms with Gasteiger partial charge in [-0.1, -0.05) is 0 Å². The molecule has 7 nitrogen and oxygen atoms in total. The standard InChI is InChI=1S/C14H10N2O5/c17-13(8-1-2-11-12(5-8)21-7-20-11)16-9-3-4-15-10(6-9)14(18)19/h1-6H,7H2,(H,18,19)(H,15,16,17). The van der Waals surface area contributed by atoms with Gasteiger partial charge >= 0.3 is 5.97 Å². The average molecular weight is 286 g/mol. The van der Waals surface area contributed by atoms with Gasteiger partial charge in [-0.25, -0.2) is 9.78 Å². The Kier molecular flexibility index (Phi) is 3.15. The molecule has 2 heterocycles. The van der Waals surface area contributed by atoms with E-state index in [9.17, 15) is 9.59 Å². The average Bonchev–Trinajstić information content (AvgIpc) is 2.94. The fourth-order valence-corrected chi connectivity index (χ4v) is 1.87. The molecular formula is C14H10N2O5. The quantitative estimate of drug-likeness (QED) is 0.892. The first kappa shape index (κ1) is 12.9. The molecule has 1 amide bonds. The SMILES string of the molecule is O=C(Nc1ccnc(C(=O)O)c1)c1ccc2c(c1)OCO2. The van der Waals surface area contributed by atoms with Crippen LogP contribution in [-0.2, 0) is 0 Å². The van der Waals surface area contributed by atoms with E-state index < -0.39 is 5.97 Å². The summed E-state index contributed by atoms with van der Waals surface area (Å²) in [5, 5.41) is 11.5. The van der Waals surface area contributed by atoms with E-state index in [1.807, 2.05) is 0 Å². The lowest BCUT2D eigenvalue weighted by Crippen LogP contribution is -2.12. The number of amides is 1. The Hall–Kier alpha value is -3.09. The van der Waals surface area contributed by atoms with Gasteiger partial charge in [0.05, 0.1) is 0 Å². The van der Waals surface area contributed by atoms with Gasteiger partial charge in [-0.05, 0) is 30.3 Å². The van der Waals surface area contributed by atoms with Crippen molar-refractivity contribution < 1.29 is 24.2 Å². The lowest BCUT2D eigenvalue weighted by molar-refractivity contribution is 0.0690. The molecule has 3 rings (SSSR count). The number of benzene rings is 1. The minimum absolute atomic E-state index is 0.132. The largest absolute Gasteiger partial charge is 0.477 e. The highest BCUT2D eigenvalue weighted by molar-refractivity contribution is 6.05. The molecule has 0 spiro atoms. The summed E-state index contributed by atoms with van der Waals surface area (Å²) in [6.07, 6.45) is 1.32. The number of fused-ring (bicyclic) bond motifs is 1. The maximum Gasteiger partial charge on any atom is 0.354 e. The summed E-state index contributed by atoms with van der Waals surface area (Å²) in [5.41, 5.74) is 0.594. The zero-order chi connectivity index (χ0) is 14.8. The topological polar surface area (TPSA) is 97.8 Å². The summed E-state index contributed by atoms with van der Waals surface area (Å²) >= 11 is 0.